The second-order valence-corrected chi connectivity index (χ2v) is 4.63. The molecule has 0 aliphatic heterocycles. The van der Waals surface area contributed by atoms with Crippen LogP contribution in [0.3, 0.4) is 0 Å². The van der Waals surface area contributed by atoms with Gasteiger partial charge in [-0.15, -0.1) is 18.2 Å². The molecule has 1 aromatic carbocycles. The molecule has 0 unspecified atom stereocenters. The van der Waals surface area contributed by atoms with Crippen molar-refractivity contribution in [2.45, 2.75) is 13.5 Å². The van der Waals surface area contributed by atoms with Gasteiger partial charge in [0, 0.05) is 24.4 Å². The minimum absolute atomic E-state index is 0.144. The lowest BCUT2D eigenvalue weighted by Crippen LogP contribution is -2.17. The van der Waals surface area contributed by atoms with Crippen molar-refractivity contribution in [2.24, 2.45) is 0 Å². The predicted octanol–water partition coefficient (Wildman–Crippen LogP) is 2.59. The first-order valence-corrected chi connectivity index (χ1v) is 6.36. The number of benzene rings is 1. The molecule has 0 saturated carbocycles. The van der Waals surface area contributed by atoms with E-state index < -0.39 is 0 Å². The van der Waals surface area contributed by atoms with Gasteiger partial charge in [0.25, 0.3) is 0 Å². The van der Waals surface area contributed by atoms with Gasteiger partial charge in [-0.25, -0.2) is 4.39 Å². The molecule has 1 nitrogen and oxygen atoms in total. The number of hydrogen-bond donors (Lipinski definition) is 1. The second-order valence-electron chi connectivity index (χ2n) is 3.53. The third-order valence-corrected chi connectivity index (χ3v) is 2.99. The van der Waals surface area contributed by atoms with Crippen LogP contribution in [0.5, 0.6) is 0 Å². The van der Waals surface area contributed by atoms with E-state index >= 15 is 0 Å². The lowest BCUT2D eigenvalue weighted by Gasteiger charge is -2.06. The van der Waals surface area contributed by atoms with Crippen molar-refractivity contribution in [1.29, 1.82) is 0 Å². The molecule has 0 fully saturated rings. The Labute approximate surface area is 101 Å². The Morgan fingerprint density at radius 2 is 2.31 bits per heavy atom. The van der Waals surface area contributed by atoms with E-state index in [2.05, 4.69) is 11.2 Å². The van der Waals surface area contributed by atoms with Crippen LogP contribution < -0.4 is 5.32 Å². The Bertz CT molecular complexity index is 371. The van der Waals surface area contributed by atoms with E-state index in [1.807, 2.05) is 13.0 Å². The zero-order valence-corrected chi connectivity index (χ0v) is 10.2. The number of hydrogen-bond acceptors (Lipinski definition) is 2. The van der Waals surface area contributed by atoms with Crippen LogP contribution in [0.2, 0.25) is 0 Å². The summed E-state index contributed by atoms with van der Waals surface area (Å²) in [7, 11) is 0. The van der Waals surface area contributed by atoms with Crippen molar-refractivity contribution in [3.8, 4) is 12.3 Å². The molecule has 0 amide bonds. The van der Waals surface area contributed by atoms with Gasteiger partial charge in [0.15, 0.2) is 0 Å². The average Bonchev–Trinajstić information content (AvgIpc) is 2.28. The molecule has 3 heteroatoms. The summed E-state index contributed by atoms with van der Waals surface area (Å²) in [6.07, 6.45) is 5.13. The van der Waals surface area contributed by atoms with Crippen molar-refractivity contribution in [3.63, 3.8) is 0 Å². The van der Waals surface area contributed by atoms with E-state index in [1.54, 1.807) is 17.8 Å². The third kappa shape index (κ3) is 4.69. The van der Waals surface area contributed by atoms with Crippen LogP contribution in [0.25, 0.3) is 0 Å². The number of nitrogens with one attached hydrogen (secondary N) is 1. The van der Waals surface area contributed by atoms with Gasteiger partial charge in [-0.2, -0.15) is 0 Å². The van der Waals surface area contributed by atoms with Gasteiger partial charge in [-0.05, 0) is 13.0 Å². The molecule has 0 aliphatic carbocycles. The zero-order valence-electron chi connectivity index (χ0n) is 9.42. The highest BCUT2D eigenvalue weighted by Crippen LogP contribution is 2.09. The van der Waals surface area contributed by atoms with E-state index in [9.17, 15) is 4.39 Å². The first kappa shape index (κ1) is 13.1. The standard InChI is InChI=1S/C13H16FNS/c1-3-7-16-8-6-15-10-12-9-11(2)4-5-13(12)14/h1,4-5,9,15H,6-8,10H2,2H3. The Hall–Kier alpha value is -0.980. The average molecular weight is 237 g/mol. The Balaban J connectivity index is 2.27. The fourth-order valence-corrected chi connectivity index (χ4v) is 1.89. The van der Waals surface area contributed by atoms with Crippen LogP contribution in [0.15, 0.2) is 18.2 Å². The third-order valence-electron chi connectivity index (χ3n) is 2.13. The SMILES string of the molecule is C#CCSCCNCc1cc(C)ccc1F. The van der Waals surface area contributed by atoms with Gasteiger partial charge >= 0.3 is 0 Å². The van der Waals surface area contributed by atoms with E-state index in [0.29, 0.717) is 6.54 Å². The molecule has 1 aromatic rings. The number of aryl methyl sites for hydroxylation is 1. The predicted molar refractivity (Wildman–Crippen MR) is 69.0 cm³/mol. The van der Waals surface area contributed by atoms with Crippen LogP contribution in [-0.4, -0.2) is 18.1 Å². The molecule has 0 saturated heterocycles. The summed E-state index contributed by atoms with van der Waals surface area (Å²) in [6, 6.07) is 5.16. The van der Waals surface area contributed by atoms with Crippen LogP contribution >= 0.6 is 11.8 Å². The van der Waals surface area contributed by atoms with E-state index in [0.717, 1.165) is 29.2 Å². The fraction of sp³-hybridized carbons (Fsp3) is 0.385. The van der Waals surface area contributed by atoms with Gasteiger partial charge in [0.1, 0.15) is 5.82 Å². The van der Waals surface area contributed by atoms with Gasteiger partial charge < -0.3 is 5.32 Å². The lowest BCUT2D eigenvalue weighted by molar-refractivity contribution is 0.593. The molecule has 0 aromatic heterocycles. The van der Waals surface area contributed by atoms with Crippen molar-refractivity contribution < 1.29 is 4.39 Å². The summed E-state index contributed by atoms with van der Waals surface area (Å²) in [5.74, 6) is 4.12. The van der Waals surface area contributed by atoms with E-state index in [-0.39, 0.29) is 5.82 Å². The second kappa shape index (κ2) is 7.32. The van der Waals surface area contributed by atoms with Crippen molar-refractivity contribution in [1.82, 2.24) is 5.32 Å². The van der Waals surface area contributed by atoms with E-state index in [4.69, 9.17) is 6.42 Å². The Morgan fingerprint density at radius 1 is 1.50 bits per heavy atom. The summed E-state index contributed by atoms with van der Waals surface area (Å²) in [5, 5.41) is 3.20. The van der Waals surface area contributed by atoms with Crippen molar-refractivity contribution >= 4 is 11.8 Å². The molecule has 86 valence electrons. The molecular weight excluding hydrogens is 221 g/mol. The molecule has 1 rings (SSSR count). The summed E-state index contributed by atoms with van der Waals surface area (Å²) in [6.45, 7) is 3.38. The number of terminal acetylenes is 1. The molecule has 0 spiro atoms. The molecule has 16 heavy (non-hydrogen) atoms. The normalized spacial score (nSPS) is 10.1. The zero-order chi connectivity index (χ0) is 11.8. The van der Waals surface area contributed by atoms with Gasteiger partial charge in [-0.3, -0.25) is 0 Å². The van der Waals surface area contributed by atoms with Crippen LogP contribution in [-0.2, 0) is 6.54 Å². The Morgan fingerprint density at radius 3 is 3.06 bits per heavy atom. The van der Waals surface area contributed by atoms with Crippen LogP contribution in [0.4, 0.5) is 4.39 Å². The topological polar surface area (TPSA) is 12.0 Å². The first-order valence-electron chi connectivity index (χ1n) is 5.21. The first-order chi connectivity index (χ1) is 7.74. The molecule has 0 atom stereocenters. The molecule has 0 heterocycles. The maximum Gasteiger partial charge on any atom is 0.127 e. The van der Waals surface area contributed by atoms with Gasteiger partial charge in [0.2, 0.25) is 0 Å². The molecule has 0 aliphatic rings. The molecule has 0 bridgehead atoms. The Kier molecular flexibility index (Phi) is 5.99. The van der Waals surface area contributed by atoms with Crippen molar-refractivity contribution in [2.75, 3.05) is 18.1 Å². The summed E-state index contributed by atoms with van der Waals surface area (Å²) < 4.78 is 13.3. The largest absolute Gasteiger partial charge is 0.312 e. The highest BCUT2D eigenvalue weighted by Gasteiger charge is 2.00. The quantitative estimate of drug-likeness (QED) is 0.603. The summed E-state index contributed by atoms with van der Waals surface area (Å²) in [4.78, 5) is 0. The summed E-state index contributed by atoms with van der Waals surface area (Å²) >= 11 is 1.70. The number of halogens is 1. The fourth-order valence-electron chi connectivity index (χ4n) is 1.34. The van der Waals surface area contributed by atoms with Crippen LogP contribution in [0, 0.1) is 25.1 Å². The highest BCUT2D eigenvalue weighted by atomic mass is 32.2. The maximum absolute atomic E-state index is 13.3. The van der Waals surface area contributed by atoms with Gasteiger partial charge in [-0.1, -0.05) is 23.6 Å². The minimum Gasteiger partial charge on any atom is -0.312 e. The van der Waals surface area contributed by atoms with Gasteiger partial charge in [0.05, 0.1) is 5.75 Å². The molecule has 1 N–H and O–H groups in total. The van der Waals surface area contributed by atoms with Crippen LogP contribution in [0.1, 0.15) is 11.1 Å². The molecular formula is C13H16FNS. The van der Waals surface area contributed by atoms with Crippen molar-refractivity contribution in [3.05, 3.63) is 35.1 Å². The number of rotatable bonds is 6. The van der Waals surface area contributed by atoms with E-state index in [1.165, 1.54) is 6.07 Å². The highest BCUT2D eigenvalue weighted by molar-refractivity contribution is 7.99. The number of thioether (sulfide) groups is 1. The lowest BCUT2D eigenvalue weighted by atomic mass is 10.1. The monoisotopic (exact) mass is 237 g/mol. The summed E-state index contributed by atoms with van der Waals surface area (Å²) in [5.41, 5.74) is 1.81. The maximum atomic E-state index is 13.3. The minimum atomic E-state index is -0.144. The smallest absolute Gasteiger partial charge is 0.127 e. The molecule has 0 radical (unpaired) electrons.